The van der Waals surface area contributed by atoms with E-state index >= 15 is 0 Å². The highest BCUT2D eigenvalue weighted by molar-refractivity contribution is 5.93. The Hall–Kier alpha value is -2.57. The van der Waals surface area contributed by atoms with Gasteiger partial charge in [0.05, 0.1) is 6.26 Å². The van der Waals surface area contributed by atoms with Gasteiger partial charge in [-0.2, -0.15) is 5.10 Å². The molecule has 0 saturated carbocycles. The average molecular weight is 305 g/mol. The SMILES string of the molecule is CC(CCc1ccco1)NC(=O)c1ccnn1C(C)C(=O)O. The molecule has 0 spiro atoms. The van der Waals surface area contributed by atoms with Gasteiger partial charge in [-0.3, -0.25) is 4.79 Å². The molecule has 2 rings (SSSR count). The van der Waals surface area contributed by atoms with Crippen molar-refractivity contribution >= 4 is 11.9 Å². The maximum absolute atomic E-state index is 12.2. The predicted octanol–water partition coefficient (Wildman–Crippen LogP) is 1.87. The lowest BCUT2D eigenvalue weighted by molar-refractivity contribution is -0.140. The van der Waals surface area contributed by atoms with Crippen LogP contribution in [0.25, 0.3) is 0 Å². The molecular weight excluding hydrogens is 286 g/mol. The minimum atomic E-state index is -1.04. The number of aliphatic carboxylic acids is 1. The molecule has 1 amide bonds. The van der Waals surface area contributed by atoms with Gasteiger partial charge in [-0.15, -0.1) is 0 Å². The summed E-state index contributed by atoms with van der Waals surface area (Å²) in [5.74, 6) is -0.508. The van der Waals surface area contributed by atoms with Crippen molar-refractivity contribution in [2.45, 2.75) is 38.8 Å². The van der Waals surface area contributed by atoms with E-state index in [1.165, 1.54) is 23.9 Å². The minimum Gasteiger partial charge on any atom is -0.480 e. The van der Waals surface area contributed by atoms with E-state index in [0.29, 0.717) is 0 Å². The third-order valence-corrected chi connectivity index (χ3v) is 3.41. The van der Waals surface area contributed by atoms with Crippen molar-refractivity contribution in [3.63, 3.8) is 0 Å². The molecule has 7 nitrogen and oxygen atoms in total. The van der Waals surface area contributed by atoms with E-state index in [1.54, 1.807) is 6.26 Å². The van der Waals surface area contributed by atoms with Gasteiger partial charge in [0.2, 0.25) is 0 Å². The van der Waals surface area contributed by atoms with Crippen molar-refractivity contribution in [3.8, 4) is 0 Å². The highest BCUT2D eigenvalue weighted by Crippen LogP contribution is 2.10. The topological polar surface area (TPSA) is 97.4 Å². The lowest BCUT2D eigenvalue weighted by Crippen LogP contribution is -2.35. The average Bonchev–Trinajstić information content (AvgIpc) is 3.15. The number of carboxylic acid groups (broad SMARTS) is 1. The molecule has 118 valence electrons. The van der Waals surface area contributed by atoms with Gasteiger partial charge < -0.3 is 14.8 Å². The standard InChI is InChI=1S/C15H19N3O4/c1-10(5-6-12-4-3-9-22-12)17-14(19)13-7-8-16-18(13)11(2)15(20)21/h3-4,7-11H,5-6H2,1-2H3,(H,17,19)(H,20,21). The summed E-state index contributed by atoms with van der Waals surface area (Å²) in [7, 11) is 0. The highest BCUT2D eigenvalue weighted by Gasteiger charge is 2.21. The molecule has 2 N–H and O–H groups in total. The molecule has 2 heterocycles. The number of carbonyl (C=O) groups excluding carboxylic acids is 1. The fraction of sp³-hybridized carbons (Fsp3) is 0.400. The van der Waals surface area contributed by atoms with Gasteiger partial charge in [0.25, 0.3) is 5.91 Å². The van der Waals surface area contributed by atoms with Crippen LogP contribution in [0.2, 0.25) is 0 Å². The molecule has 2 aromatic heterocycles. The summed E-state index contributed by atoms with van der Waals surface area (Å²) in [6.07, 6.45) is 4.48. The second-order valence-corrected chi connectivity index (χ2v) is 5.17. The zero-order chi connectivity index (χ0) is 16.1. The van der Waals surface area contributed by atoms with Crippen molar-refractivity contribution in [3.05, 3.63) is 42.1 Å². The number of nitrogens with one attached hydrogen (secondary N) is 1. The van der Waals surface area contributed by atoms with Gasteiger partial charge in [0, 0.05) is 18.7 Å². The summed E-state index contributed by atoms with van der Waals surface area (Å²) in [5.41, 5.74) is 0.236. The van der Waals surface area contributed by atoms with Gasteiger partial charge in [-0.25, -0.2) is 9.48 Å². The van der Waals surface area contributed by atoms with Crippen molar-refractivity contribution < 1.29 is 19.1 Å². The van der Waals surface area contributed by atoms with Crippen molar-refractivity contribution in [1.82, 2.24) is 15.1 Å². The third kappa shape index (κ3) is 3.75. The number of nitrogens with zero attached hydrogens (tertiary/aromatic N) is 2. The molecule has 0 saturated heterocycles. The number of amides is 1. The molecule has 0 fully saturated rings. The summed E-state index contributed by atoms with van der Waals surface area (Å²) in [6.45, 7) is 3.37. The second-order valence-electron chi connectivity index (χ2n) is 5.17. The Bertz CT molecular complexity index is 633. The zero-order valence-corrected chi connectivity index (χ0v) is 12.5. The zero-order valence-electron chi connectivity index (χ0n) is 12.5. The molecule has 0 bridgehead atoms. The van der Waals surface area contributed by atoms with Crippen LogP contribution in [0, 0.1) is 0 Å². The quantitative estimate of drug-likeness (QED) is 0.814. The van der Waals surface area contributed by atoms with Crippen molar-refractivity contribution in [2.75, 3.05) is 0 Å². The van der Waals surface area contributed by atoms with Crippen LogP contribution in [0.3, 0.4) is 0 Å². The van der Waals surface area contributed by atoms with E-state index in [2.05, 4.69) is 10.4 Å². The van der Waals surface area contributed by atoms with Gasteiger partial charge in [-0.05, 0) is 38.5 Å². The molecule has 0 aromatic carbocycles. The Morgan fingerprint density at radius 2 is 2.18 bits per heavy atom. The first-order valence-corrected chi connectivity index (χ1v) is 7.08. The maximum atomic E-state index is 12.2. The largest absolute Gasteiger partial charge is 0.480 e. The number of aryl methyl sites for hydroxylation is 1. The predicted molar refractivity (Wildman–Crippen MR) is 78.5 cm³/mol. The molecule has 0 aliphatic heterocycles. The molecule has 0 aliphatic rings. The summed E-state index contributed by atoms with van der Waals surface area (Å²) >= 11 is 0. The molecular formula is C15H19N3O4. The lowest BCUT2D eigenvalue weighted by Gasteiger charge is -2.15. The Labute approximate surface area is 127 Å². The van der Waals surface area contributed by atoms with E-state index in [0.717, 1.165) is 18.6 Å². The fourth-order valence-corrected chi connectivity index (χ4v) is 2.09. The number of carbonyl (C=O) groups is 2. The maximum Gasteiger partial charge on any atom is 0.328 e. The molecule has 2 unspecified atom stereocenters. The van der Waals surface area contributed by atoms with E-state index in [4.69, 9.17) is 9.52 Å². The van der Waals surface area contributed by atoms with Gasteiger partial charge in [0.15, 0.2) is 0 Å². The monoisotopic (exact) mass is 305 g/mol. The summed E-state index contributed by atoms with van der Waals surface area (Å²) in [4.78, 5) is 23.3. The molecule has 0 radical (unpaired) electrons. The van der Waals surface area contributed by atoms with Crippen LogP contribution in [-0.4, -0.2) is 32.8 Å². The Morgan fingerprint density at radius 3 is 2.82 bits per heavy atom. The number of hydrogen-bond acceptors (Lipinski definition) is 4. The fourth-order valence-electron chi connectivity index (χ4n) is 2.09. The number of rotatable bonds is 7. The highest BCUT2D eigenvalue weighted by atomic mass is 16.4. The van der Waals surface area contributed by atoms with Gasteiger partial charge in [0.1, 0.15) is 17.5 Å². The summed E-state index contributed by atoms with van der Waals surface area (Å²) in [5, 5.41) is 15.8. The first-order valence-electron chi connectivity index (χ1n) is 7.08. The van der Waals surface area contributed by atoms with Crippen molar-refractivity contribution in [2.24, 2.45) is 0 Å². The molecule has 0 aliphatic carbocycles. The Balaban J connectivity index is 1.94. The van der Waals surface area contributed by atoms with Crippen LogP contribution >= 0.6 is 0 Å². The second kappa shape index (κ2) is 6.93. The first kappa shape index (κ1) is 15.8. The smallest absolute Gasteiger partial charge is 0.328 e. The Morgan fingerprint density at radius 1 is 1.41 bits per heavy atom. The molecule has 22 heavy (non-hydrogen) atoms. The third-order valence-electron chi connectivity index (χ3n) is 3.41. The first-order chi connectivity index (χ1) is 10.5. The number of aromatic nitrogens is 2. The molecule has 2 aromatic rings. The molecule has 7 heteroatoms. The van der Waals surface area contributed by atoms with E-state index < -0.39 is 12.0 Å². The number of furan rings is 1. The van der Waals surface area contributed by atoms with Crippen LogP contribution in [-0.2, 0) is 11.2 Å². The summed E-state index contributed by atoms with van der Waals surface area (Å²) in [6, 6.07) is 4.26. The normalized spacial score (nSPS) is 13.5. The summed E-state index contributed by atoms with van der Waals surface area (Å²) < 4.78 is 6.45. The van der Waals surface area contributed by atoms with Crippen LogP contribution in [0.1, 0.15) is 42.6 Å². The van der Waals surface area contributed by atoms with Crippen LogP contribution in [0.5, 0.6) is 0 Å². The van der Waals surface area contributed by atoms with E-state index in [-0.39, 0.29) is 17.6 Å². The number of carboxylic acids is 1. The molecule has 2 atom stereocenters. The van der Waals surface area contributed by atoms with Crippen molar-refractivity contribution in [1.29, 1.82) is 0 Å². The van der Waals surface area contributed by atoms with E-state index in [1.807, 2.05) is 19.1 Å². The van der Waals surface area contributed by atoms with Crippen LogP contribution < -0.4 is 5.32 Å². The van der Waals surface area contributed by atoms with Crippen LogP contribution in [0.4, 0.5) is 0 Å². The Kier molecular flexibility index (Phi) is 4.98. The van der Waals surface area contributed by atoms with Gasteiger partial charge in [-0.1, -0.05) is 0 Å². The number of hydrogen-bond donors (Lipinski definition) is 2. The van der Waals surface area contributed by atoms with Gasteiger partial charge >= 0.3 is 5.97 Å². The lowest BCUT2D eigenvalue weighted by atomic mass is 10.1. The minimum absolute atomic E-state index is 0.0684. The van der Waals surface area contributed by atoms with Crippen LogP contribution in [0.15, 0.2) is 35.1 Å². The van der Waals surface area contributed by atoms with E-state index in [9.17, 15) is 9.59 Å².